The van der Waals surface area contributed by atoms with Crippen LogP contribution in [-0.2, 0) is 23.4 Å². The topological polar surface area (TPSA) is 164 Å². The van der Waals surface area contributed by atoms with Crippen LogP contribution in [0.15, 0.2) is 47.4 Å². The zero-order valence-corrected chi connectivity index (χ0v) is 20.9. The summed E-state index contributed by atoms with van der Waals surface area (Å²) in [7, 11) is -4.24. The zero-order valence-electron chi connectivity index (χ0n) is 20.0. The summed E-state index contributed by atoms with van der Waals surface area (Å²) in [6.07, 6.45) is -2.97. The maximum atomic E-state index is 13.9. The zero-order chi connectivity index (χ0) is 26.5. The fourth-order valence-corrected chi connectivity index (χ4v) is 5.00. The minimum atomic E-state index is -4.24. The van der Waals surface area contributed by atoms with Crippen molar-refractivity contribution in [2.45, 2.75) is 51.4 Å². The molecule has 0 radical (unpaired) electrons. The molecule has 0 saturated carbocycles. The number of aliphatic hydroxyl groups is 1. The van der Waals surface area contributed by atoms with Crippen LogP contribution in [0.25, 0.3) is 0 Å². The van der Waals surface area contributed by atoms with Crippen LogP contribution in [0.2, 0.25) is 0 Å². The Kier molecular flexibility index (Phi) is 9.20. The van der Waals surface area contributed by atoms with Crippen molar-refractivity contribution in [3.63, 3.8) is 0 Å². The number of carbonyl (C=O) groups excluding carboxylic acids is 1. The molecule has 1 aromatic carbocycles. The van der Waals surface area contributed by atoms with Crippen LogP contribution in [0, 0.1) is 5.92 Å². The lowest BCUT2D eigenvalue weighted by Crippen LogP contribution is -2.37. The van der Waals surface area contributed by atoms with Gasteiger partial charge < -0.3 is 24.8 Å². The van der Waals surface area contributed by atoms with Crippen LogP contribution in [-0.4, -0.2) is 58.3 Å². The molecule has 6 atom stereocenters. The molecule has 1 fully saturated rings. The van der Waals surface area contributed by atoms with E-state index in [1.807, 2.05) is 0 Å². The van der Waals surface area contributed by atoms with E-state index in [0.717, 1.165) is 4.57 Å². The Balaban J connectivity index is 1.78. The molecular weight excluding hydrogens is 498 g/mol. The second kappa shape index (κ2) is 11.9. The average molecular weight is 528 g/mol. The Morgan fingerprint density at radius 2 is 2.00 bits per heavy atom. The van der Waals surface area contributed by atoms with Gasteiger partial charge in [-0.25, -0.2) is 9.36 Å². The number of carbonyl (C=O) groups is 1. The number of rotatable bonds is 11. The Bertz CT molecular complexity index is 1130. The summed E-state index contributed by atoms with van der Waals surface area (Å²) in [5.74, 6) is -1.65. The molecule has 1 aromatic heterocycles. The molecule has 198 valence electrons. The first-order chi connectivity index (χ1) is 17.0. The minimum absolute atomic E-state index is 0.0270. The van der Waals surface area contributed by atoms with E-state index in [9.17, 15) is 23.7 Å². The summed E-state index contributed by atoms with van der Waals surface area (Å²) in [5.41, 5.74) is 4.70. The van der Waals surface area contributed by atoms with E-state index in [-0.39, 0.29) is 11.6 Å². The Hall–Kier alpha value is -2.83. The molecule has 0 bridgehead atoms. The van der Waals surface area contributed by atoms with E-state index >= 15 is 0 Å². The van der Waals surface area contributed by atoms with E-state index in [1.165, 1.54) is 31.3 Å². The molecule has 12 nitrogen and oxygen atoms in total. The fourth-order valence-electron chi connectivity index (χ4n) is 3.50. The summed E-state index contributed by atoms with van der Waals surface area (Å²) in [4.78, 5) is 28.0. The minimum Gasteiger partial charge on any atom is -0.462 e. The van der Waals surface area contributed by atoms with Crippen molar-refractivity contribution in [3.05, 3.63) is 53.1 Å². The highest BCUT2D eigenvalue weighted by molar-refractivity contribution is 7.52. The Morgan fingerprint density at radius 3 is 2.61 bits per heavy atom. The van der Waals surface area contributed by atoms with Crippen LogP contribution in [0.3, 0.4) is 0 Å². The van der Waals surface area contributed by atoms with Crippen molar-refractivity contribution in [2.24, 2.45) is 5.92 Å². The van der Waals surface area contributed by atoms with Crippen LogP contribution >= 0.6 is 7.75 Å². The Labute approximate surface area is 207 Å². The number of halogens is 1. The summed E-state index contributed by atoms with van der Waals surface area (Å²) < 4.78 is 50.4. The molecule has 0 amide bonds. The van der Waals surface area contributed by atoms with Gasteiger partial charge in [0.1, 0.15) is 23.7 Å². The van der Waals surface area contributed by atoms with Gasteiger partial charge in [0, 0.05) is 12.1 Å². The van der Waals surface area contributed by atoms with Gasteiger partial charge in [-0.15, -0.1) is 0 Å². The molecule has 36 heavy (non-hydrogen) atoms. The molecule has 14 heteroatoms. The third-order valence-corrected chi connectivity index (χ3v) is 6.90. The fraction of sp³-hybridized carbons (Fsp3) is 0.500. The van der Waals surface area contributed by atoms with Crippen LogP contribution in [0.5, 0.6) is 5.75 Å². The molecule has 1 aliphatic rings. The van der Waals surface area contributed by atoms with E-state index in [2.05, 4.69) is 10.1 Å². The molecule has 1 saturated heterocycles. The first-order valence-electron chi connectivity index (χ1n) is 11.2. The van der Waals surface area contributed by atoms with Crippen molar-refractivity contribution in [2.75, 3.05) is 19.0 Å². The van der Waals surface area contributed by atoms with E-state index in [0.29, 0.717) is 0 Å². The quantitative estimate of drug-likeness (QED) is 0.288. The standard InChI is InChI=1S/C22H30FN4O8P/c1-13(2)33-21(29)14(3)26-36(31,35-15-7-5-4-6-8-15)32-12-17-16(11-23)19(28)20(34-17)27-10-9-18(24)25-22(27)30/h4-10,13-14,16-17,19-20,28H,11-12H2,1-3H3,(H,26,31)(H2,24,25,30)/t14-,16-,17-,19-,20-,36-/m1/s1. The van der Waals surface area contributed by atoms with Gasteiger partial charge in [-0.2, -0.15) is 10.1 Å². The lowest BCUT2D eigenvalue weighted by Gasteiger charge is -2.25. The second-order valence-corrected chi connectivity index (χ2v) is 10.1. The second-order valence-electron chi connectivity index (χ2n) is 8.45. The third kappa shape index (κ3) is 6.89. The van der Waals surface area contributed by atoms with E-state index < -0.39 is 69.2 Å². The number of nitrogen functional groups attached to an aromatic ring is 1. The van der Waals surface area contributed by atoms with Gasteiger partial charge in [0.05, 0.1) is 25.5 Å². The first-order valence-corrected chi connectivity index (χ1v) is 12.8. The molecule has 3 rings (SSSR count). The van der Waals surface area contributed by atoms with E-state index in [4.69, 9.17) is 24.3 Å². The van der Waals surface area contributed by atoms with Crippen molar-refractivity contribution >= 4 is 19.5 Å². The van der Waals surface area contributed by atoms with Gasteiger partial charge in [0.25, 0.3) is 0 Å². The van der Waals surface area contributed by atoms with Gasteiger partial charge in [0.2, 0.25) is 0 Å². The highest BCUT2D eigenvalue weighted by Crippen LogP contribution is 2.46. The molecule has 2 aromatic rings. The number of para-hydroxylation sites is 1. The largest absolute Gasteiger partial charge is 0.462 e. The highest BCUT2D eigenvalue weighted by Gasteiger charge is 2.46. The summed E-state index contributed by atoms with van der Waals surface area (Å²) in [5, 5.41) is 13.1. The number of alkyl halides is 1. The lowest BCUT2D eigenvalue weighted by atomic mass is 10.00. The van der Waals surface area contributed by atoms with Crippen molar-refractivity contribution in [1.82, 2.24) is 14.6 Å². The molecular formula is C22H30FN4O8P. The highest BCUT2D eigenvalue weighted by atomic mass is 31.2. The molecule has 0 spiro atoms. The molecule has 4 N–H and O–H groups in total. The van der Waals surface area contributed by atoms with Crippen LogP contribution < -0.4 is 21.0 Å². The number of nitrogens with one attached hydrogen (secondary N) is 1. The SMILES string of the molecule is CC(C)OC(=O)[C@@H](C)N[P@@](=O)(OC[C@H]1O[C@@H](n2ccc(N)nc2=O)[C@H](O)[C@@H]1CF)Oc1ccccc1. The number of hydrogen-bond acceptors (Lipinski definition) is 10. The monoisotopic (exact) mass is 528 g/mol. The Morgan fingerprint density at radius 1 is 1.31 bits per heavy atom. The maximum Gasteiger partial charge on any atom is 0.459 e. The lowest BCUT2D eigenvalue weighted by molar-refractivity contribution is -0.149. The number of ether oxygens (including phenoxy) is 2. The smallest absolute Gasteiger partial charge is 0.459 e. The van der Waals surface area contributed by atoms with Crippen molar-refractivity contribution in [3.8, 4) is 5.75 Å². The number of nitrogens with zero attached hydrogens (tertiary/aromatic N) is 2. The number of aliphatic hydroxyl groups excluding tert-OH is 1. The van der Waals surface area contributed by atoms with Gasteiger partial charge >= 0.3 is 19.4 Å². The predicted molar refractivity (Wildman–Crippen MR) is 127 cm³/mol. The van der Waals surface area contributed by atoms with Gasteiger partial charge in [-0.05, 0) is 39.0 Å². The molecule has 0 aliphatic carbocycles. The summed E-state index contributed by atoms with van der Waals surface area (Å²) in [6.45, 7) is 3.24. The third-order valence-electron chi connectivity index (χ3n) is 5.26. The van der Waals surface area contributed by atoms with Crippen LogP contribution in [0.1, 0.15) is 27.0 Å². The molecule has 1 aliphatic heterocycles. The van der Waals surface area contributed by atoms with Gasteiger partial charge in [-0.3, -0.25) is 18.3 Å². The average Bonchev–Trinajstić information content (AvgIpc) is 3.13. The van der Waals surface area contributed by atoms with Crippen molar-refractivity contribution < 1.29 is 37.4 Å². The normalized spacial score (nSPS) is 24.3. The van der Waals surface area contributed by atoms with Gasteiger partial charge in [0.15, 0.2) is 6.23 Å². The number of hydrogen-bond donors (Lipinski definition) is 3. The number of benzene rings is 1. The first kappa shape index (κ1) is 27.8. The summed E-state index contributed by atoms with van der Waals surface area (Å²) in [6, 6.07) is 8.33. The number of esters is 1. The maximum absolute atomic E-state index is 13.9. The predicted octanol–water partition coefficient (Wildman–Crippen LogP) is 1.80. The van der Waals surface area contributed by atoms with Crippen molar-refractivity contribution in [1.29, 1.82) is 0 Å². The van der Waals surface area contributed by atoms with Gasteiger partial charge in [-0.1, -0.05) is 18.2 Å². The molecule has 0 unspecified atom stereocenters. The number of nitrogens with two attached hydrogens (primary N) is 1. The van der Waals surface area contributed by atoms with E-state index in [1.54, 1.807) is 32.0 Å². The number of anilines is 1. The summed E-state index contributed by atoms with van der Waals surface area (Å²) >= 11 is 0. The van der Waals surface area contributed by atoms with Crippen LogP contribution in [0.4, 0.5) is 10.2 Å². The molecule has 2 heterocycles. The number of aromatic nitrogens is 2.